The van der Waals surface area contributed by atoms with Crippen molar-refractivity contribution in [1.82, 2.24) is 14.7 Å². The molecule has 0 radical (unpaired) electrons. The van der Waals surface area contributed by atoms with Gasteiger partial charge in [0, 0.05) is 44.3 Å². The highest BCUT2D eigenvalue weighted by Crippen LogP contribution is 2.18. The van der Waals surface area contributed by atoms with Crippen LogP contribution >= 0.6 is 0 Å². The lowest BCUT2D eigenvalue weighted by atomic mass is 10.0. The molecular weight excluding hydrogens is 305 g/mol. The summed E-state index contributed by atoms with van der Waals surface area (Å²) in [6, 6.07) is 5.41. The zero-order chi connectivity index (χ0) is 17.1. The van der Waals surface area contributed by atoms with Crippen LogP contribution < -0.4 is 0 Å². The molecule has 0 unspecified atom stereocenters. The quantitative estimate of drug-likeness (QED) is 0.850. The van der Waals surface area contributed by atoms with Gasteiger partial charge in [-0.05, 0) is 51.1 Å². The van der Waals surface area contributed by atoms with Gasteiger partial charge in [0.05, 0.1) is 0 Å². The van der Waals surface area contributed by atoms with Gasteiger partial charge in [-0.3, -0.25) is 9.69 Å². The maximum Gasteiger partial charge on any atom is 0.254 e. The number of benzene rings is 1. The van der Waals surface area contributed by atoms with E-state index in [-0.39, 0.29) is 11.7 Å². The highest BCUT2D eigenvalue weighted by atomic mass is 19.1. The molecule has 0 saturated carbocycles. The average Bonchev–Trinajstić information content (AvgIpc) is 2.59. The van der Waals surface area contributed by atoms with E-state index in [1.165, 1.54) is 31.9 Å². The zero-order valence-corrected chi connectivity index (χ0v) is 14.8. The Labute approximate surface area is 144 Å². The van der Waals surface area contributed by atoms with Crippen molar-refractivity contribution < 1.29 is 9.18 Å². The molecule has 1 aromatic carbocycles. The predicted molar refractivity (Wildman–Crippen MR) is 93.7 cm³/mol. The largest absolute Gasteiger partial charge is 0.336 e. The third-order valence-electron chi connectivity index (χ3n) is 5.47. The van der Waals surface area contributed by atoms with Gasteiger partial charge in [0.2, 0.25) is 0 Å². The first kappa shape index (κ1) is 17.4. The zero-order valence-electron chi connectivity index (χ0n) is 14.8. The van der Waals surface area contributed by atoms with Crippen LogP contribution in [-0.2, 0) is 0 Å². The molecule has 4 nitrogen and oxygen atoms in total. The molecule has 132 valence electrons. The van der Waals surface area contributed by atoms with Crippen molar-refractivity contribution in [2.75, 3.05) is 46.3 Å². The number of carbonyl (C=O) groups excluding carboxylic acids is 1. The van der Waals surface area contributed by atoms with E-state index in [9.17, 15) is 9.18 Å². The summed E-state index contributed by atoms with van der Waals surface area (Å²) in [4.78, 5) is 19.3. The van der Waals surface area contributed by atoms with Crippen LogP contribution in [0.25, 0.3) is 0 Å². The van der Waals surface area contributed by atoms with Crippen LogP contribution in [0, 0.1) is 12.7 Å². The van der Waals surface area contributed by atoms with Crippen LogP contribution in [0.3, 0.4) is 0 Å². The first-order chi connectivity index (χ1) is 11.5. The van der Waals surface area contributed by atoms with E-state index in [0.29, 0.717) is 17.2 Å². The molecule has 2 aliphatic rings. The molecule has 2 aliphatic heterocycles. The molecule has 2 saturated heterocycles. The summed E-state index contributed by atoms with van der Waals surface area (Å²) in [6.07, 6.45) is 3.91. The second-order valence-electron chi connectivity index (χ2n) is 7.19. The second-order valence-corrected chi connectivity index (χ2v) is 7.19. The Morgan fingerprint density at radius 3 is 2.58 bits per heavy atom. The van der Waals surface area contributed by atoms with Crippen LogP contribution in [0.1, 0.15) is 35.2 Å². The maximum atomic E-state index is 13.7. The third kappa shape index (κ3) is 3.95. The molecular formula is C19H28FN3O. The minimum absolute atomic E-state index is 0.0525. The molecule has 3 rings (SSSR count). The number of piperazine rings is 1. The van der Waals surface area contributed by atoms with Crippen molar-refractivity contribution in [3.8, 4) is 0 Å². The monoisotopic (exact) mass is 333 g/mol. The summed E-state index contributed by atoms with van der Waals surface area (Å²) in [5.41, 5.74) is 1.03. The highest BCUT2D eigenvalue weighted by molar-refractivity contribution is 5.94. The van der Waals surface area contributed by atoms with Crippen LogP contribution in [0.4, 0.5) is 4.39 Å². The Morgan fingerprint density at radius 1 is 1.17 bits per heavy atom. The van der Waals surface area contributed by atoms with Crippen molar-refractivity contribution in [2.24, 2.45) is 0 Å². The number of likely N-dealkylation sites (tertiary alicyclic amines) is 1. The lowest BCUT2D eigenvalue weighted by molar-refractivity contribution is 0.0564. The van der Waals surface area contributed by atoms with Crippen molar-refractivity contribution in [3.63, 3.8) is 0 Å². The molecule has 24 heavy (non-hydrogen) atoms. The topological polar surface area (TPSA) is 26.8 Å². The maximum absolute atomic E-state index is 13.7. The van der Waals surface area contributed by atoms with Crippen molar-refractivity contribution >= 4 is 5.91 Å². The molecule has 0 N–H and O–H groups in total. The number of aryl methyl sites for hydroxylation is 1. The fraction of sp³-hybridized carbons (Fsp3) is 0.632. The molecule has 2 fully saturated rings. The van der Waals surface area contributed by atoms with Gasteiger partial charge in [0.25, 0.3) is 5.91 Å². The Bertz CT molecular complexity index is 584. The summed E-state index contributed by atoms with van der Waals surface area (Å²) in [5.74, 6) is -0.358. The van der Waals surface area contributed by atoms with Crippen molar-refractivity contribution in [2.45, 2.75) is 32.2 Å². The lowest BCUT2D eigenvalue weighted by Gasteiger charge is -2.40. The van der Waals surface area contributed by atoms with Gasteiger partial charge >= 0.3 is 0 Å². The van der Waals surface area contributed by atoms with E-state index in [0.717, 1.165) is 32.7 Å². The van der Waals surface area contributed by atoms with Gasteiger partial charge in [0.15, 0.2) is 0 Å². The Kier molecular flexibility index (Phi) is 5.51. The lowest BCUT2D eigenvalue weighted by Crippen LogP contribution is -2.53. The van der Waals surface area contributed by atoms with Gasteiger partial charge < -0.3 is 9.80 Å². The number of carbonyl (C=O) groups is 1. The molecule has 0 spiro atoms. The molecule has 0 aliphatic carbocycles. The minimum Gasteiger partial charge on any atom is -0.336 e. The van der Waals surface area contributed by atoms with E-state index in [1.807, 2.05) is 4.90 Å². The summed E-state index contributed by atoms with van der Waals surface area (Å²) < 4.78 is 13.7. The van der Waals surface area contributed by atoms with Crippen LogP contribution in [-0.4, -0.2) is 73.0 Å². The van der Waals surface area contributed by atoms with E-state index in [1.54, 1.807) is 19.1 Å². The molecule has 1 amide bonds. The van der Waals surface area contributed by atoms with Gasteiger partial charge in [-0.2, -0.15) is 0 Å². The van der Waals surface area contributed by atoms with E-state index in [4.69, 9.17) is 0 Å². The molecule has 0 aromatic heterocycles. The minimum atomic E-state index is -0.306. The van der Waals surface area contributed by atoms with Crippen LogP contribution in [0.2, 0.25) is 0 Å². The summed E-state index contributed by atoms with van der Waals surface area (Å²) in [6.45, 7) is 7.27. The first-order valence-corrected chi connectivity index (χ1v) is 9.02. The number of piperidine rings is 1. The van der Waals surface area contributed by atoms with Gasteiger partial charge in [-0.15, -0.1) is 0 Å². The normalized spacial score (nSPS) is 23.5. The molecule has 0 bridgehead atoms. The molecule has 2 heterocycles. The van der Waals surface area contributed by atoms with Gasteiger partial charge in [-0.1, -0.05) is 12.5 Å². The molecule has 1 aromatic rings. The van der Waals surface area contributed by atoms with E-state index >= 15 is 0 Å². The number of hydrogen-bond acceptors (Lipinski definition) is 3. The second kappa shape index (κ2) is 7.62. The SMILES string of the molecule is Cc1ccc(C(=O)N2CCN(C[C@H]3CCCCN3C)CC2)cc1F. The number of rotatable bonds is 3. The van der Waals surface area contributed by atoms with E-state index < -0.39 is 0 Å². The third-order valence-corrected chi connectivity index (χ3v) is 5.47. The highest BCUT2D eigenvalue weighted by Gasteiger charge is 2.26. The smallest absolute Gasteiger partial charge is 0.254 e. The standard InChI is InChI=1S/C19H28FN3O/c1-15-6-7-16(13-18(15)20)19(24)23-11-9-22(10-12-23)14-17-5-3-4-8-21(17)2/h6-7,13,17H,3-5,8-12,14H2,1-2H3/t17-/m1/s1. The fourth-order valence-electron chi connectivity index (χ4n) is 3.71. The summed E-state index contributed by atoms with van der Waals surface area (Å²) >= 11 is 0. The Balaban J connectivity index is 1.52. The number of halogens is 1. The molecule has 5 heteroatoms. The van der Waals surface area contributed by atoms with Gasteiger partial charge in [0.1, 0.15) is 5.82 Å². The first-order valence-electron chi connectivity index (χ1n) is 9.02. The average molecular weight is 333 g/mol. The number of likely N-dealkylation sites (N-methyl/N-ethyl adjacent to an activating group) is 1. The van der Waals surface area contributed by atoms with Crippen LogP contribution in [0.5, 0.6) is 0 Å². The van der Waals surface area contributed by atoms with Crippen LogP contribution in [0.15, 0.2) is 18.2 Å². The van der Waals surface area contributed by atoms with Gasteiger partial charge in [-0.25, -0.2) is 4.39 Å². The van der Waals surface area contributed by atoms with Crippen molar-refractivity contribution in [1.29, 1.82) is 0 Å². The summed E-state index contributed by atoms with van der Waals surface area (Å²) in [5, 5.41) is 0. The number of amides is 1. The Hall–Kier alpha value is -1.46. The van der Waals surface area contributed by atoms with Crippen molar-refractivity contribution in [3.05, 3.63) is 35.1 Å². The number of hydrogen-bond donors (Lipinski definition) is 0. The van der Waals surface area contributed by atoms with E-state index in [2.05, 4.69) is 16.8 Å². The summed E-state index contributed by atoms with van der Waals surface area (Å²) in [7, 11) is 2.22. The Morgan fingerprint density at radius 2 is 1.92 bits per heavy atom. The molecule has 1 atom stereocenters. The number of nitrogens with zero attached hydrogens (tertiary/aromatic N) is 3. The fourth-order valence-corrected chi connectivity index (χ4v) is 3.71. The predicted octanol–water partition coefficient (Wildman–Crippen LogP) is 2.38.